The maximum atomic E-state index is 12.3. The highest BCUT2D eigenvalue weighted by Crippen LogP contribution is 2.26. The zero-order valence-corrected chi connectivity index (χ0v) is 12.0. The fraction of sp³-hybridized carbons (Fsp3) is 0.133. The normalized spacial score (nSPS) is 10.2. The number of nitrogens with one attached hydrogen (secondary N) is 1. The number of carbonyl (C=O) groups excluding carboxylic acids is 1. The van der Waals surface area contributed by atoms with Crippen molar-refractivity contribution in [1.29, 1.82) is 0 Å². The van der Waals surface area contributed by atoms with E-state index in [-0.39, 0.29) is 5.91 Å². The van der Waals surface area contributed by atoms with Crippen LogP contribution in [0.5, 0.6) is 5.75 Å². The molecule has 4 nitrogen and oxygen atoms in total. The minimum absolute atomic E-state index is 0.297. The highest BCUT2D eigenvalue weighted by Gasteiger charge is 2.14. The number of hydrogen-bond acceptors (Lipinski definition) is 3. The lowest BCUT2D eigenvalue weighted by Gasteiger charge is -2.11. The van der Waals surface area contributed by atoms with Gasteiger partial charge in [-0.2, -0.15) is 0 Å². The van der Waals surface area contributed by atoms with E-state index in [9.17, 15) is 4.79 Å². The summed E-state index contributed by atoms with van der Waals surface area (Å²) >= 11 is 6.06. The molecule has 2 aromatic rings. The second-order valence-electron chi connectivity index (χ2n) is 4.40. The Morgan fingerprint density at radius 1 is 1.25 bits per heavy atom. The standard InChI is InChI=1S/C15H15ClN2O2/c1-9-3-6-12(16)13(7-9)18-15(19)11-5-4-10(17)8-14(11)20-2/h3-8H,17H2,1-2H3,(H,18,19). The third-order valence-corrected chi connectivity index (χ3v) is 3.17. The van der Waals surface area contributed by atoms with Crippen LogP contribution in [-0.4, -0.2) is 13.0 Å². The van der Waals surface area contributed by atoms with Gasteiger partial charge in [-0.25, -0.2) is 0 Å². The third-order valence-electron chi connectivity index (χ3n) is 2.84. The van der Waals surface area contributed by atoms with Crippen LogP contribution >= 0.6 is 11.6 Å². The molecule has 0 saturated carbocycles. The molecule has 0 unspecified atom stereocenters. The van der Waals surface area contributed by atoms with Crippen LogP contribution in [0, 0.1) is 6.92 Å². The zero-order chi connectivity index (χ0) is 14.7. The molecule has 5 heteroatoms. The third kappa shape index (κ3) is 3.03. The Morgan fingerprint density at radius 3 is 2.70 bits per heavy atom. The Bertz CT molecular complexity index is 656. The summed E-state index contributed by atoms with van der Waals surface area (Å²) in [6.45, 7) is 1.93. The second-order valence-corrected chi connectivity index (χ2v) is 4.80. The van der Waals surface area contributed by atoms with Crippen molar-refractivity contribution in [2.24, 2.45) is 0 Å². The molecule has 104 valence electrons. The summed E-state index contributed by atoms with van der Waals surface area (Å²) in [6.07, 6.45) is 0. The van der Waals surface area contributed by atoms with E-state index in [2.05, 4.69) is 5.32 Å². The lowest BCUT2D eigenvalue weighted by Crippen LogP contribution is -2.13. The van der Waals surface area contributed by atoms with Gasteiger partial charge in [-0.15, -0.1) is 0 Å². The molecule has 0 aliphatic carbocycles. The lowest BCUT2D eigenvalue weighted by molar-refractivity contribution is 0.102. The Morgan fingerprint density at radius 2 is 2.00 bits per heavy atom. The average molecular weight is 291 g/mol. The topological polar surface area (TPSA) is 64.3 Å². The average Bonchev–Trinajstić information content (AvgIpc) is 2.42. The van der Waals surface area contributed by atoms with Crippen LogP contribution in [0.25, 0.3) is 0 Å². The van der Waals surface area contributed by atoms with Crippen molar-refractivity contribution in [3.63, 3.8) is 0 Å². The van der Waals surface area contributed by atoms with Gasteiger partial charge in [-0.3, -0.25) is 4.79 Å². The Kier molecular flexibility index (Phi) is 4.15. The lowest BCUT2D eigenvalue weighted by atomic mass is 10.1. The van der Waals surface area contributed by atoms with Crippen LogP contribution in [0.4, 0.5) is 11.4 Å². The summed E-state index contributed by atoms with van der Waals surface area (Å²) in [5.41, 5.74) is 8.18. The SMILES string of the molecule is COc1cc(N)ccc1C(=O)Nc1cc(C)ccc1Cl. The van der Waals surface area contributed by atoms with E-state index in [0.29, 0.717) is 27.7 Å². The molecule has 2 aromatic carbocycles. The van der Waals surface area contributed by atoms with Crippen molar-refractivity contribution in [2.75, 3.05) is 18.2 Å². The smallest absolute Gasteiger partial charge is 0.259 e. The summed E-state index contributed by atoms with van der Waals surface area (Å²) in [4.78, 5) is 12.3. The Balaban J connectivity index is 2.30. The molecule has 0 bridgehead atoms. The van der Waals surface area contributed by atoms with E-state index >= 15 is 0 Å². The van der Waals surface area contributed by atoms with E-state index in [1.165, 1.54) is 7.11 Å². The van der Waals surface area contributed by atoms with Gasteiger partial charge in [0.1, 0.15) is 5.75 Å². The summed E-state index contributed by atoms with van der Waals surface area (Å²) in [5, 5.41) is 3.25. The van der Waals surface area contributed by atoms with Gasteiger partial charge >= 0.3 is 0 Å². The summed E-state index contributed by atoms with van der Waals surface area (Å²) in [6, 6.07) is 10.3. The molecule has 0 aliphatic rings. The van der Waals surface area contributed by atoms with Gasteiger partial charge in [-0.1, -0.05) is 17.7 Å². The first-order valence-corrected chi connectivity index (χ1v) is 6.40. The number of anilines is 2. The van der Waals surface area contributed by atoms with Crippen molar-refractivity contribution in [3.05, 3.63) is 52.5 Å². The molecule has 0 spiro atoms. The maximum absolute atomic E-state index is 12.3. The maximum Gasteiger partial charge on any atom is 0.259 e. The zero-order valence-electron chi connectivity index (χ0n) is 11.2. The number of nitrogen functional groups attached to an aromatic ring is 1. The van der Waals surface area contributed by atoms with Crippen LogP contribution < -0.4 is 15.8 Å². The molecule has 3 N–H and O–H groups in total. The highest BCUT2D eigenvalue weighted by molar-refractivity contribution is 6.34. The Labute approximate surface area is 122 Å². The van der Waals surface area contributed by atoms with Gasteiger partial charge in [0.25, 0.3) is 5.91 Å². The number of ether oxygens (including phenoxy) is 1. The van der Waals surface area contributed by atoms with Gasteiger partial charge in [-0.05, 0) is 36.8 Å². The minimum atomic E-state index is -0.297. The number of rotatable bonds is 3. The van der Waals surface area contributed by atoms with E-state index in [4.69, 9.17) is 22.1 Å². The predicted octanol–water partition coefficient (Wildman–Crippen LogP) is 3.49. The number of hydrogen-bond donors (Lipinski definition) is 2. The van der Waals surface area contributed by atoms with Gasteiger partial charge < -0.3 is 15.8 Å². The number of nitrogens with two attached hydrogens (primary N) is 1. The van der Waals surface area contributed by atoms with Crippen LogP contribution in [0.1, 0.15) is 15.9 Å². The monoisotopic (exact) mass is 290 g/mol. The van der Waals surface area contributed by atoms with Crippen LogP contribution in [0.15, 0.2) is 36.4 Å². The molecule has 0 heterocycles. The number of benzene rings is 2. The van der Waals surface area contributed by atoms with Gasteiger partial charge in [0.15, 0.2) is 0 Å². The van der Waals surface area contributed by atoms with Crippen LogP contribution in [0.2, 0.25) is 5.02 Å². The second kappa shape index (κ2) is 5.84. The van der Waals surface area contributed by atoms with Crippen molar-refractivity contribution >= 4 is 28.9 Å². The fourth-order valence-corrected chi connectivity index (χ4v) is 1.98. The molecular formula is C15H15ClN2O2. The minimum Gasteiger partial charge on any atom is -0.496 e. The van der Waals surface area contributed by atoms with Crippen LogP contribution in [-0.2, 0) is 0 Å². The summed E-state index contributed by atoms with van der Waals surface area (Å²) in [7, 11) is 1.49. The van der Waals surface area contributed by atoms with Crippen molar-refractivity contribution in [3.8, 4) is 5.75 Å². The quantitative estimate of drug-likeness (QED) is 0.851. The van der Waals surface area contributed by atoms with Gasteiger partial charge in [0.2, 0.25) is 0 Å². The molecule has 1 amide bonds. The summed E-state index contributed by atoms with van der Waals surface area (Å²) < 4.78 is 5.17. The first-order chi connectivity index (χ1) is 9.51. The first kappa shape index (κ1) is 14.2. The highest BCUT2D eigenvalue weighted by atomic mass is 35.5. The molecule has 0 aromatic heterocycles. The number of amides is 1. The van der Waals surface area contributed by atoms with E-state index < -0.39 is 0 Å². The van der Waals surface area contributed by atoms with Gasteiger partial charge in [0.05, 0.1) is 23.4 Å². The fourth-order valence-electron chi connectivity index (χ4n) is 1.82. The van der Waals surface area contributed by atoms with E-state index in [1.54, 1.807) is 24.3 Å². The number of methoxy groups -OCH3 is 1. The van der Waals surface area contributed by atoms with Gasteiger partial charge in [0, 0.05) is 11.8 Å². The van der Waals surface area contributed by atoms with Crippen molar-refractivity contribution in [1.82, 2.24) is 0 Å². The Hall–Kier alpha value is -2.20. The number of halogens is 1. The largest absolute Gasteiger partial charge is 0.496 e. The molecule has 0 atom stereocenters. The molecule has 20 heavy (non-hydrogen) atoms. The van der Waals surface area contributed by atoms with Crippen molar-refractivity contribution < 1.29 is 9.53 Å². The van der Waals surface area contributed by atoms with E-state index in [1.807, 2.05) is 19.1 Å². The molecule has 2 rings (SSSR count). The molecule has 0 radical (unpaired) electrons. The number of aryl methyl sites for hydroxylation is 1. The van der Waals surface area contributed by atoms with Crippen molar-refractivity contribution in [2.45, 2.75) is 6.92 Å². The molecular weight excluding hydrogens is 276 g/mol. The summed E-state index contributed by atoms with van der Waals surface area (Å²) in [5.74, 6) is 0.126. The van der Waals surface area contributed by atoms with Crippen LogP contribution in [0.3, 0.4) is 0 Å². The van der Waals surface area contributed by atoms with E-state index in [0.717, 1.165) is 5.56 Å². The molecule has 0 saturated heterocycles. The number of carbonyl (C=O) groups is 1. The molecule has 0 aliphatic heterocycles. The predicted molar refractivity (Wildman–Crippen MR) is 81.5 cm³/mol. The first-order valence-electron chi connectivity index (χ1n) is 6.02. The molecule has 0 fully saturated rings.